The summed E-state index contributed by atoms with van der Waals surface area (Å²) in [4.78, 5) is 21.3. The maximum atomic E-state index is 11.2. The van der Waals surface area contributed by atoms with Crippen LogP contribution in [0.4, 0.5) is 5.95 Å². The van der Waals surface area contributed by atoms with Gasteiger partial charge in [0.1, 0.15) is 0 Å². The molecule has 0 saturated heterocycles. The summed E-state index contributed by atoms with van der Waals surface area (Å²) in [5.41, 5.74) is 0. The van der Waals surface area contributed by atoms with Gasteiger partial charge in [-0.05, 0) is 15.9 Å². The van der Waals surface area contributed by atoms with Gasteiger partial charge in [-0.3, -0.25) is 4.79 Å². The van der Waals surface area contributed by atoms with Crippen LogP contribution in [-0.4, -0.2) is 36.6 Å². The van der Waals surface area contributed by atoms with Crippen LogP contribution in [0.25, 0.3) is 0 Å². The molecule has 1 aromatic heterocycles. The number of aromatic nitrogens is 2. The Morgan fingerprint density at radius 3 is 2.62 bits per heavy atom. The summed E-state index contributed by atoms with van der Waals surface area (Å²) in [5.74, 6) is 0.144. The Hall–Kier alpha value is -1.17. The highest BCUT2D eigenvalue weighted by molar-refractivity contribution is 9.10. The molecule has 1 rings (SSSR count). The van der Waals surface area contributed by atoms with Gasteiger partial charge in [-0.15, -0.1) is 0 Å². The summed E-state index contributed by atoms with van der Waals surface area (Å²) in [6.45, 7) is 2.33. The Morgan fingerprint density at radius 1 is 1.56 bits per heavy atom. The van der Waals surface area contributed by atoms with Crippen LogP contribution in [0, 0.1) is 5.92 Å². The quantitative estimate of drug-likeness (QED) is 0.786. The van der Waals surface area contributed by atoms with Crippen molar-refractivity contribution in [3.8, 4) is 0 Å². The summed E-state index contributed by atoms with van der Waals surface area (Å²) in [6, 6.07) is 0. The van der Waals surface area contributed by atoms with Crippen molar-refractivity contribution in [2.75, 3.05) is 25.6 Å². The van der Waals surface area contributed by atoms with E-state index in [-0.39, 0.29) is 11.9 Å². The molecule has 0 spiro atoms. The van der Waals surface area contributed by atoms with Gasteiger partial charge in [-0.1, -0.05) is 6.92 Å². The van der Waals surface area contributed by atoms with Gasteiger partial charge in [0, 0.05) is 26.0 Å². The predicted octanol–water partition coefficient (Wildman–Crippen LogP) is 1.48. The average molecular weight is 288 g/mol. The Kier molecular flexibility index (Phi) is 4.67. The van der Waals surface area contributed by atoms with E-state index < -0.39 is 0 Å². The summed E-state index contributed by atoms with van der Waals surface area (Å²) in [6.07, 6.45) is 3.34. The van der Waals surface area contributed by atoms with E-state index in [0.717, 1.165) is 4.47 Å². The van der Waals surface area contributed by atoms with E-state index in [4.69, 9.17) is 0 Å². The zero-order valence-corrected chi connectivity index (χ0v) is 11.1. The molecule has 1 aromatic rings. The molecule has 1 unspecified atom stereocenters. The molecule has 0 amide bonds. The van der Waals surface area contributed by atoms with Crippen molar-refractivity contribution in [3.63, 3.8) is 0 Å². The van der Waals surface area contributed by atoms with E-state index in [1.807, 2.05) is 11.9 Å². The lowest BCUT2D eigenvalue weighted by Crippen LogP contribution is -2.30. The zero-order valence-electron chi connectivity index (χ0n) is 9.48. The maximum absolute atomic E-state index is 11.2. The molecular weight excluding hydrogens is 274 g/mol. The second kappa shape index (κ2) is 5.79. The lowest BCUT2D eigenvalue weighted by Gasteiger charge is -2.19. The molecule has 0 radical (unpaired) electrons. The van der Waals surface area contributed by atoms with Crippen molar-refractivity contribution in [2.24, 2.45) is 5.92 Å². The number of hydrogen-bond acceptors (Lipinski definition) is 5. The first-order valence-corrected chi connectivity index (χ1v) is 5.60. The molecule has 0 aromatic carbocycles. The molecule has 0 N–H and O–H groups in total. The molecule has 6 heteroatoms. The Morgan fingerprint density at radius 2 is 2.12 bits per heavy atom. The van der Waals surface area contributed by atoms with Gasteiger partial charge >= 0.3 is 5.97 Å². The first kappa shape index (κ1) is 12.9. The third kappa shape index (κ3) is 3.44. The third-order valence-corrected chi connectivity index (χ3v) is 2.51. The van der Waals surface area contributed by atoms with Gasteiger partial charge in [0.2, 0.25) is 5.95 Å². The molecule has 1 heterocycles. The van der Waals surface area contributed by atoms with Crippen LogP contribution in [-0.2, 0) is 9.53 Å². The Balaban J connectivity index is 2.61. The van der Waals surface area contributed by atoms with Crippen molar-refractivity contribution in [1.82, 2.24) is 9.97 Å². The van der Waals surface area contributed by atoms with Crippen molar-refractivity contribution in [3.05, 3.63) is 16.9 Å². The second-order valence-corrected chi connectivity index (χ2v) is 4.42. The monoisotopic (exact) mass is 287 g/mol. The smallest absolute Gasteiger partial charge is 0.310 e. The fourth-order valence-electron chi connectivity index (χ4n) is 1.27. The van der Waals surface area contributed by atoms with E-state index in [0.29, 0.717) is 12.5 Å². The average Bonchev–Trinajstić information content (AvgIpc) is 2.28. The minimum Gasteiger partial charge on any atom is -0.469 e. The number of carbonyl (C=O) groups excluding carboxylic acids is 1. The molecular formula is C10H14BrN3O2. The lowest BCUT2D eigenvalue weighted by molar-refractivity contribution is -0.144. The SMILES string of the molecule is COC(=O)C(C)CN(C)c1ncc(Br)cn1. The topological polar surface area (TPSA) is 55.3 Å². The number of hydrogen-bond donors (Lipinski definition) is 0. The molecule has 0 bridgehead atoms. The van der Waals surface area contributed by atoms with E-state index in [9.17, 15) is 4.79 Å². The largest absolute Gasteiger partial charge is 0.469 e. The highest BCUT2D eigenvalue weighted by Crippen LogP contribution is 2.11. The molecule has 16 heavy (non-hydrogen) atoms. The number of rotatable bonds is 4. The van der Waals surface area contributed by atoms with Crippen LogP contribution in [0.15, 0.2) is 16.9 Å². The van der Waals surface area contributed by atoms with Gasteiger partial charge < -0.3 is 9.64 Å². The van der Waals surface area contributed by atoms with Crippen molar-refractivity contribution >= 4 is 27.8 Å². The van der Waals surface area contributed by atoms with Crippen LogP contribution in [0.3, 0.4) is 0 Å². The van der Waals surface area contributed by atoms with Crippen molar-refractivity contribution < 1.29 is 9.53 Å². The number of halogens is 1. The number of nitrogens with zero attached hydrogens (tertiary/aromatic N) is 3. The summed E-state index contributed by atoms with van der Waals surface area (Å²) < 4.78 is 5.48. The number of methoxy groups -OCH3 is 1. The molecule has 5 nitrogen and oxygen atoms in total. The van der Waals surface area contributed by atoms with Gasteiger partial charge in [0.25, 0.3) is 0 Å². The van der Waals surface area contributed by atoms with Gasteiger partial charge in [-0.2, -0.15) is 0 Å². The zero-order chi connectivity index (χ0) is 12.1. The van der Waals surface area contributed by atoms with Crippen molar-refractivity contribution in [2.45, 2.75) is 6.92 Å². The highest BCUT2D eigenvalue weighted by atomic mass is 79.9. The maximum Gasteiger partial charge on any atom is 0.310 e. The first-order valence-electron chi connectivity index (χ1n) is 4.81. The minimum atomic E-state index is -0.232. The van der Waals surface area contributed by atoms with Gasteiger partial charge in [0.05, 0.1) is 17.5 Å². The molecule has 0 saturated carbocycles. The summed E-state index contributed by atoms with van der Waals surface area (Å²) in [5, 5.41) is 0. The number of ether oxygens (including phenoxy) is 1. The van der Waals surface area contributed by atoms with Crippen LogP contribution in [0.2, 0.25) is 0 Å². The highest BCUT2D eigenvalue weighted by Gasteiger charge is 2.16. The standard InChI is InChI=1S/C10H14BrN3O2/c1-7(9(15)16-3)6-14(2)10-12-4-8(11)5-13-10/h4-5,7H,6H2,1-3H3. The fraction of sp³-hybridized carbons (Fsp3) is 0.500. The normalized spacial score (nSPS) is 12.0. The van der Waals surface area contributed by atoms with Gasteiger partial charge in [-0.25, -0.2) is 9.97 Å². The summed E-state index contributed by atoms with van der Waals surface area (Å²) in [7, 11) is 3.22. The first-order chi connectivity index (χ1) is 7.54. The van der Waals surface area contributed by atoms with E-state index in [1.54, 1.807) is 19.3 Å². The fourth-order valence-corrected chi connectivity index (χ4v) is 1.48. The number of anilines is 1. The van der Waals surface area contributed by atoms with E-state index in [1.165, 1.54) is 7.11 Å². The van der Waals surface area contributed by atoms with Gasteiger partial charge in [0.15, 0.2) is 0 Å². The number of carbonyl (C=O) groups is 1. The van der Waals surface area contributed by atoms with E-state index in [2.05, 4.69) is 30.6 Å². The molecule has 1 atom stereocenters. The van der Waals surface area contributed by atoms with Crippen LogP contribution in [0.1, 0.15) is 6.92 Å². The lowest BCUT2D eigenvalue weighted by atomic mass is 10.2. The molecule has 0 aliphatic heterocycles. The molecule has 0 aliphatic carbocycles. The Labute approximate surface area is 103 Å². The molecule has 0 fully saturated rings. The summed E-state index contributed by atoms with van der Waals surface area (Å²) >= 11 is 3.26. The molecule has 0 aliphatic rings. The minimum absolute atomic E-state index is 0.206. The van der Waals surface area contributed by atoms with E-state index >= 15 is 0 Å². The molecule has 88 valence electrons. The predicted molar refractivity (Wildman–Crippen MR) is 64.2 cm³/mol. The Bertz CT molecular complexity index is 356. The van der Waals surface area contributed by atoms with Crippen LogP contribution in [0.5, 0.6) is 0 Å². The second-order valence-electron chi connectivity index (χ2n) is 3.51. The van der Waals surface area contributed by atoms with Crippen LogP contribution < -0.4 is 4.90 Å². The van der Waals surface area contributed by atoms with Crippen LogP contribution >= 0.6 is 15.9 Å². The van der Waals surface area contributed by atoms with Crippen molar-refractivity contribution in [1.29, 1.82) is 0 Å². The number of esters is 1. The third-order valence-electron chi connectivity index (χ3n) is 2.10.